The summed E-state index contributed by atoms with van der Waals surface area (Å²) in [4.78, 5) is 6.88. The normalized spacial score (nSPS) is 20.2. The van der Waals surface area contributed by atoms with Gasteiger partial charge in [-0.2, -0.15) is 0 Å². The molecular formula is C24H32N4O3. The van der Waals surface area contributed by atoms with E-state index in [1.165, 1.54) is 11.1 Å². The molecule has 2 heterocycles. The van der Waals surface area contributed by atoms with E-state index in [1.807, 2.05) is 24.3 Å². The van der Waals surface area contributed by atoms with Crippen LogP contribution in [0.4, 0.5) is 0 Å². The van der Waals surface area contributed by atoms with Gasteiger partial charge in [-0.15, -0.1) is 0 Å². The summed E-state index contributed by atoms with van der Waals surface area (Å²) < 4.78 is 17.4. The van der Waals surface area contributed by atoms with Crippen molar-refractivity contribution >= 4 is 5.96 Å². The van der Waals surface area contributed by atoms with Crippen molar-refractivity contribution < 1.29 is 14.2 Å². The fourth-order valence-electron chi connectivity index (χ4n) is 4.01. The van der Waals surface area contributed by atoms with Crippen molar-refractivity contribution in [2.75, 3.05) is 53.0 Å². The third-order valence-corrected chi connectivity index (χ3v) is 5.66. The van der Waals surface area contributed by atoms with Crippen LogP contribution < -0.4 is 20.1 Å². The Balaban J connectivity index is 1.34. The Morgan fingerprint density at radius 3 is 2.68 bits per heavy atom. The second-order valence-electron chi connectivity index (χ2n) is 7.91. The standard InChI is InChI=1S/C24H32N4O3/c1-18-6-5-7-19(14-18)21(28-10-12-29-13-11-28)16-27-24(25-2)26-15-20-17-30-22-8-3-4-9-23(22)31-20/h3-9,14,20-21H,10-13,15-17H2,1-2H3,(H2,25,26,27). The molecule has 1 saturated heterocycles. The molecule has 2 aliphatic heterocycles. The summed E-state index contributed by atoms with van der Waals surface area (Å²) in [6.07, 6.45) is -0.0692. The number of fused-ring (bicyclic) bond motifs is 1. The molecule has 2 unspecified atom stereocenters. The first-order valence-electron chi connectivity index (χ1n) is 10.9. The molecular weight excluding hydrogens is 392 g/mol. The Bertz CT molecular complexity index is 883. The van der Waals surface area contributed by atoms with Crippen LogP contribution >= 0.6 is 0 Å². The van der Waals surface area contributed by atoms with E-state index in [9.17, 15) is 0 Å². The average molecular weight is 425 g/mol. The van der Waals surface area contributed by atoms with E-state index in [4.69, 9.17) is 14.2 Å². The van der Waals surface area contributed by atoms with Crippen molar-refractivity contribution in [1.29, 1.82) is 0 Å². The molecule has 2 aromatic carbocycles. The highest BCUT2D eigenvalue weighted by atomic mass is 16.6. The smallest absolute Gasteiger partial charge is 0.191 e. The van der Waals surface area contributed by atoms with Crippen LogP contribution in [0, 0.1) is 6.92 Å². The fraction of sp³-hybridized carbons (Fsp3) is 0.458. The Labute approximate surface area is 184 Å². The van der Waals surface area contributed by atoms with Gasteiger partial charge in [0.05, 0.1) is 25.8 Å². The molecule has 0 amide bonds. The molecule has 2 aliphatic rings. The van der Waals surface area contributed by atoms with Gasteiger partial charge in [-0.25, -0.2) is 0 Å². The summed E-state index contributed by atoms with van der Waals surface area (Å²) in [7, 11) is 1.79. The molecule has 7 heteroatoms. The van der Waals surface area contributed by atoms with Crippen molar-refractivity contribution in [3.8, 4) is 11.5 Å². The first-order chi connectivity index (χ1) is 15.2. The van der Waals surface area contributed by atoms with Crippen LogP contribution in [0.15, 0.2) is 53.5 Å². The highest BCUT2D eigenvalue weighted by molar-refractivity contribution is 5.79. The van der Waals surface area contributed by atoms with E-state index in [0.29, 0.717) is 13.2 Å². The van der Waals surface area contributed by atoms with Crippen molar-refractivity contribution in [2.24, 2.45) is 4.99 Å². The number of aliphatic imine (C=N–C) groups is 1. The lowest BCUT2D eigenvalue weighted by molar-refractivity contribution is 0.0169. The molecule has 1 fully saturated rings. The van der Waals surface area contributed by atoms with Gasteiger partial charge in [0.15, 0.2) is 17.5 Å². The monoisotopic (exact) mass is 424 g/mol. The Kier molecular flexibility index (Phi) is 7.27. The molecule has 7 nitrogen and oxygen atoms in total. The Morgan fingerprint density at radius 1 is 1.10 bits per heavy atom. The Hall–Kier alpha value is -2.77. The predicted molar refractivity (Wildman–Crippen MR) is 122 cm³/mol. The van der Waals surface area contributed by atoms with E-state index in [-0.39, 0.29) is 12.1 Å². The maximum Gasteiger partial charge on any atom is 0.191 e. The predicted octanol–water partition coefficient (Wildman–Crippen LogP) is 2.37. The van der Waals surface area contributed by atoms with Crippen LogP contribution in [-0.4, -0.2) is 70.0 Å². The minimum absolute atomic E-state index is 0.0692. The number of nitrogens with one attached hydrogen (secondary N) is 2. The third kappa shape index (κ3) is 5.68. The lowest BCUT2D eigenvalue weighted by Gasteiger charge is -2.35. The summed E-state index contributed by atoms with van der Waals surface area (Å²) in [6, 6.07) is 16.8. The van der Waals surface area contributed by atoms with Crippen LogP contribution in [0.25, 0.3) is 0 Å². The molecule has 166 valence electrons. The molecule has 2 atom stereocenters. The molecule has 0 aliphatic carbocycles. The molecule has 2 N–H and O–H groups in total. The van der Waals surface area contributed by atoms with Crippen LogP contribution in [-0.2, 0) is 4.74 Å². The molecule has 0 spiro atoms. The van der Waals surface area contributed by atoms with E-state index in [0.717, 1.165) is 50.3 Å². The summed E-state index contributed by atoms with van der Waals surface area (Å²) in [6.45, 7) is 7.43. The first kappa shape index (κ1) is 21.5. The Morgan fingerprint density at radius 2 is 1.90 bits per heavy atom. The topological polar surface area (TPSA) is 67.4 Å². The number of hydrogen-bond donors (Lipinski definition) is 2. The molecule has 0 saturated carbocycles. The number of hydrogen-bond acceptors (Lipinski definition) is 5. The van der Waals surface area contributed by atoms with E-state index in [2.05, 4.69) is 51.7 Å². The van der Waals surface area contributed by atoms with Gasteiger partial charge >= 0.3 is 0 Å². The van der Waals surface area contributed by atoms with Gasteiger partial charge < -0.3 is 24.8 Å². The van der Waals surface area contributed by atoms with Crippen molar-refractivity contribution in [1.82, 2.24) is 15.5 Å². The minimum Gasteiger partial charge on any atom is -0.486 e. The molecule has 0 radical (unpaired) electrons. The number of morpholine rings is 1. The van der Waals surface area contributed by atoms with Crippen LogP contribution in [0.5, 0.6) is 11.5 Å². The van der Waals surface area contributed by atoms with Gasteiger partial charge in [0.25, 0.3) is 0 Å². The summed E-state index contributed by atoms with van der Waals surface area (Å²) in [5.41, 5.74) is 2.58. The van der Waals surface area contributed by atoms with Gasteiger partial charge in [-0.3, -0.25) is 9.89 Å². The summed E-state index contributed by atoms with van der Waals surface area (Å²) in [5, 5.41) is 6.89. The van der Waals surface area contributed by atoms with Crippen LogP contribution in [0.2, 0.25) is 0 Å². The van der Waals surface area contributed by atoms with Gasteiger partial charge in [0.2, 0.25) is 0 Å². The lowest BCUT2D eigenvalue weighted by Crippen LogP contribution is -2.48. The quantitative estimate of drug-likeness (QED) is 0.548. The first-order valence-corrected chi connectivity index (χ1v) is 10.9. The highest BCUT2D eigenvalue weighted by Crippen LogP contribution is 2.30. The second-order valence-corrected chi connectivity index (χ2v) is 7.91. The number of rotatable bonds is 6. The minimum atomic E-state index is -0.0692. The number of ether oxygens (including phenoxy) is 3. The van der Waals surface area contributed by atoms with E-state index < -0.39 is 0 Å². The van der Waals surface area contributed by atoms with Gasteiger partial charge in [-0.05, 0) is 24.6 Å². The number of nitrogens with zero attached hydrogens (tertiary/aromatic N) is 2. The van der Waals surface area contributed by atoms with E-state index in [1.54, 1.807) is 7.05 Å². The van der Waals surface area contributed by atoms with Crippen LogP contribution in [0.1, 0.15) is 17.2 Å². The molecule has 2 aromatic rings. The maximum absolute atomic E-state index is 6.04. The average Bonchev–Trinajstić information content (AvgIpc) is 2.82. The molecule has 0 bridgehead atoms. The van der Waals surface area contributed by atoms with Crippen molar-refractivity contribution in [2.45, 2.75) is 19.1 Å². The fourth-order valence-corrected chi connectivity index (χ4v) is 4.01. The van der Waals surface area contributed by atoms with Gasteiger partial charge in [0, 0.05) is 26.7 Å². The number of aryl methyl sites for hydroxylation is 1. The van der Waals surface area contributed by atoms with Crippen LogP contribution in [0.3, 0.4) is 0 Å². The van der Waals surface area contributed by atoms with Gasteiger partial charge in [-0.1, -0.05) is 42.0 Å². The third-order valence-electron chi connectivity index (χ3n) is 5.66. The molecule has 31 heavy (non-hydrogen) atoms. The largest absolute Gasteiger partial charge is 0.486 e. The molecule has 4 rings (SSSR count). The number of benzene rings is 2. The van der Waals surface area contributed by atoms with Crippen molar-refractivity contribution in [3.05, 3.63) is 59.7 Å². The van der Waals surface area contributed by atoms with E-state index >= 15 is 0 Å². The zero-order valence-electron chi connectivity index (χ0n) is 18.3. The van der Waals surface area contributed by atoms with Crippen molar-refractivity contribution in [3.63, 3.8) is 0 Å². The number of guanidine groups is 1. The molecule has 0 aromatic heterocycles. The second kappa shape index (κ2) is 10.5. The highest BCUT2D eigenvalue weighted by Gasteiger charge is 2.24. The van der Waals surface area contributed by atoms with Gasteiger partial charge in [0.1, 0.15) is 12.7 Å². The lowest BCUT2D eigenvalue weighted by atomic mass is 10.0. The maximum atomic E-state index is 6.04. The summed E-state index contributed by atoms with van der Waals surface area (Å²) >= 11 is 0. The zero-order chi connectivity index (χ0) is 21.5. The summed E-state index contributed by atoms with van der Waals surface area (Å²) in [5.74, 6) is 2.34. The number of para-hydroxylation sites is 2. The SMILES string of the molecule is CN=C(NCC1COc2ccccc2O1)NCC(c1cccc(C)c1)N1CCOCC1. The zero-order valence-corrected chi connectivity index (χ0v) is 18.3.